The zero-order chi connectivity index (χ0) is 8.97. The van der Waals surface area contributed by atoms with Crippen LogP contribution in [0.1, 0.15) is 0 Å². The Hall–Kier alpha value is -1.48. The van der Waals surface area contributed by atoms with Crippen molar-refractivity contribution in [2.45, 2.75) is 6.23 Å². The van der Waals surface area contributed by atoms with Gasteiger partial charge in [-0.15, -0.1) is 0 Å². The summed E-state index contributed by atoms with van der Waals surface area (Å²) in [6.07, 6.45) is 0.988. The van der Waals surface area contributed by atoms with E-state index in [1.807, 2.05) is 0 Å². The Kier molecular flexibility index (Phi) is 2.71. The van der Waals surface area contributed by atoms with Gasteiger partial charge in [-0.25, -0.2) is 0 Å². The van der Waals surface area contributed by atoms with Crippen LogP contribution < -0.4 is 10.5 Å². The number of hydrogen-bond donors (Lipinski definition) is 2. The molecule has 1 unspecified atom stereocenters. The molecule has 1 rings (SSSR count). The van der Waals surface area contributed by atoms with Gasteiger partial charge < -0.3 is 9.84 Å². The maximum absolute atomic E-state index is 8.94. The minimum atomic E-state index is -0.505. The molecule has 0 bridgehead atoms. The van der Waals surface area contributed by atoms with Crippen LogP contribution in [-0.4, -0.2) is 11.3 Å². The molecule has 0 aliphatic rings. The summed E-state index contributed by atoms with van der Waals surface area (Å²) in [5, 5.41) is 8.94. The summed E-state index contributed by atoms with van der Waals surface area (Å²) in [4.78, 5) is 0. The minimum absolute atomic E-state index is 0.203. The maximum atomic E-state index is 8.94. The van der Waals surface area contributed by atoms with Crippen molar-refractivity contribution in [1.29, 1.82) is 0 Å². The third-order valence-corrected chi connectivity index (χ3v) is 1.34. The molecule has 1 atom stereocenters. The quantitative estimate of drug-likeness (QED) is 0.523. The van der Waals surface area contributed by atoms with E-state index in [4.69, 9.17) is 15.6 Å². The second-order valence-electron chi connectivity index (χ2n) is 2.31. The van der Waals surface area contributed by atoms with Crippen molar-refractivity contribution in [1.82, 2.24) is 0 Å². The zero-order valence-electron chi connectivity index (χ0n) is 6.60. The number of nitrogens with two attached hydrogens (primary N) is 1. The van der Waals surface area contributed by atoms with Crippen molar-refractivity contribution < 1.29 is 9.84 Å². The first-order valence-electron chi connectivity index (χ1n) is 3.56. The second kappa shape index (κ2) is 3.78. The maximum Gasteiger partial charge on any atom is 0.166 e. The Balaban J connectivity index is 2.64. The van der Waals surface area contributed by atoms with Crippen molar-refractivity contribution in [3.63, 3.8) is 0 Å². The van der Waals surface area contributed by atoms with Crippen LogP contribution in [0, 0.1) is 0 Å². The number of aromatic hydroxyl groups is 1. The van der Waals surface area contributed by atoms with Crippen LogP contribution in [0.2, 0.25) is 0 Å². The summed E-state index contributed by atoms with van der Waals surface area (Å²) < 4.78 is 5.17. The van der Waals surface area contributed by atoms with E-state index in [1.54, 1.807) is 12.1 Å². The summed E-state index contributed by atoms with van der Waals surface area (Å²) in [6, 6.07) is 6.34. The molecule has 0 spiro atoms. The van der Waals surface area contributed by atoms with Crippen LogP contribution in [0.25, 0.3) is 0 Å². The fraction of sp³-hybridized carbons (Fsp3) is 0.111. The lowest BCUT2D eigenvalue weighted by Gasteiger charge is -2.09. The average molecular weight is 165 g/mol. The highest BCUT2D eigenvalue weighted by molar-refractivity contribution is 5.30. The average Bonchev–Trinajstić information content (AvgIpc) is 2.09. The van der Waals surface area contributed by atoms with Gasteiger partial charge in [0.2, 0.25) is 0 Å². The summed E-state index contributed by atoms with van der Waals surface area (Å²) >= 11 is 0. The molecule has 64 valence electrons. The van der Waals surface area contributed by atoms with E-state index in [2.05, 4.69) is 6.58 Å². The Labute approximate surface area is 71.1 Å². The van der Waals surface area contributed by atoms with Crippen LogP contribution in [0.3, 0.4) is 0 Å². The Bertz CT molecular complexity index is 256. The van der Waals surface area contributed by atoms with Gasteiger partial charge in [0.05, 0.1) is 0 Å². The summed E-state index contributed by atoms with van der Waals surface area (Å²) in [5.74, 6) is 0.815. The number of ether oxygens (including phenoxy) is 1. The van der Waals surface area contributed by atoms with Gasteiger partial charge in [-0.3, -0.25) is 5.73 Å². The van der Waals surface area contributed by atoms with Crippen LogP contribution in [0.5, 0.6) is 11.5 Å². The topological polar surface area (TPSA) is 55.5 Å². The van der Waals surface area contributed by atoms with E-state index >= 15 is 0 Å². The minimum Gasteiger partial charge on any atom is -0.508 e. The second-order valence-corrected chi connectivity index (χ2v) is 2.31. The molecule has 3 heteroatoms. The highest BCUT2D eigenvalue weighted by atomic mass is 16.5. The predicted molar refractivity (Wildman–Crippen MR) is 46.9 cm³/mol. The SMILES string of the molecule is C=CC(N)Oc1ccc(O)cc1. The number of benzene rings is 1. The Morgan fingerprint density at radius 1 is 1.42 bits per heavy atom. The zero-order valence-corrected chi connectivity index (χ0v) is 6.60. The molecule has 0 radical (unpaired) electrons. The van der Waals surface area contributed by atoms with Gasteiger partial charge in [-0.2, -0.15) is 0 Å². The number of hydrogen-bond acceptors (Lipinski definition) is 3. The normalized spacial score (nSPS) is 12.1. The molecule has 1 aromatic carbocycles. The molecule has 0 aliphatic heterocycles. The van der Waals surface area contributed by atoms with Gasteiger partial charge in [-0.1, -0.05) is 6.58 Å². The van der Waals surface area contributed by atoms with E-state index < -0.39 is 6.23 Å². The third kappa shape index (κ3) is 2.29. The first-order valence-corrected chi connectivity index (χ1v) is 3.56. The van der Waals surface area contributed by atoms with Gasteiger partial charge in [0.25, 0.3) is 0 Å². The predicted octanol–water partition coefficient (Wildman–Crippen LogP) is 1.24. The summed E-state index contributed by atoms with van der Waals surface area (Å²) in [7, 11) is 0. The molecule has 3 N–H and O–H groups in total. The lowest BCUT2D eigenvalue weighted by atomic mass is 10.3. The lowest BCUT2D eigenvalue weighted by Crippen LogP contribution is -2.23. The Morgan fingerprint density at radius 2 is 2.00 bits per heavy atom. The van der Waals surface area contributed by atoms with Crippen molar-refractivity contribution in [3.05, 3.63) is 36.9 Å². The molecule has 12 heavy (non-hydrogen) atoms. The molecule has 0 aliphatic carbocycles. The molecule has 0 aromatic heterocycles. The van der Waals surface area contributed by atoms with Crippen molar-refractivity contribution in [2.75, 3.05) is 0 Å². The third-order valence-electron chi connectivity index (χ3n) is 1.34. The first kappa shape index (κ1) is 8.62. The molecular formula is C9H11NO2. The molecule has 0 fully saturated rings. The van der Waals surface area contributed by atoms with Gasteiger partial charge >= 0.3 is 0 Å². The highest BCUT2D eigenvalue weighted by Crippen LogP contribution is 2.16. The van der Waals surface area contributed by atoms with E-state index in [0.717, 1.165) is 0 Å². The fourth-order valence-electron chi connectivity index (χ4n) is 0.730. The molecule has 0 saturated heterocycles. The summed E-state index contributed by atoms with van der Waals surface area (Å²) in [5.41, 5.74) is 5.44. The van der Waals surface area contributed by atoms with E-state index in [0.29, 0.717) is 5.75 Å². The lowest BCUT2D eigenvalue weighted by molar-refractivity contribution is 0.258. The van der Waals surface area contributed by atoms with Crippen molar-refractivity contribution in [2.24, 2.45) is 5.73 Å². The Morgan fingerprint density at radius 3 is 2.50 bits per heavy atom. The number of rotatable bonds is 3. The molecule has 0 amide bonds. The van der Waals surface area contributed by atoms with Crippen molar-refractivity contribution in [3.8, 4) is 11.5 Å². The fourth-order valence-corrected chi connectivity index (χ4v) is 0.730. The first-order chi connectivity index (χ1) is 5.72. The van der Waals surface area contributed by atoms with Crippen LogP contribution in [0.15, 0.2) is 36.9 Å². The highest BCUT2D eigenvalue weighted by Gasteiger charge is 1.97. The van der Waals surface area contributed by atoms with Crippen LogP contribution >= 0.6 is 0 Å². The monoisotopic (exact) mass is 165 g/mol. The molecular weight excluding hydrogens is 154 g/mol. The van der Waals surface area contributed by atoms with E-state index in [9.17, 15) is 0 Å². The van der Waals surface area contributed by atoms with Gasteiger partial charge in [-0.05, 0) is 30.3 Å². The largest absolute Gasteiger partial charge is 0.508 e. The van der Waals surface area contributed by atoms with Gasteiger partial charge in [0, 0.05) is 0 Å². The van der Waals surface area contributed by atoms with E-state index in [1.165, 1.54) is 18.2 Å². The van der Waals surface area contributed by atoms with Gasteiger partial charge in [0.1, 0.15) is 11.5 Å². The smallest absolute Gasteiger partial charge is 0.166 e. The van der Waals surface area contributed by atoms with Crippen molar-refractivity contribution >= 4 is 0 Å². The van der Waals surface area contributed by atoms with E-state index in [-0.39, 0.29) is 5.75 Å². The van der Waals surface area contributed by atoms with Gasteiger partial charge in [0.15, 0.2) is 6.23 Å². The number of phenolic OH excluding ortho intramolecular Hbond substituents is 1. The number of phenols is 1. The van der Waals surface area contributed by atoms with Crippen LogP contribution in [0.4, 0.5) is 0 Å². The molecule has 1 aromatic rings. The van der Waals surface area contributed by atoms with Crippen LogP contribution in [-0.2, 0) is 0 Å². The standard InChI is InChI=1S/C9H11NO2/c1-2-9(10)12-8-5-3-7(11)4-6-8/h2-6,9,11H,1,10H2. The molecule has 0 heterocycles. The summed E-state index contributed by atoms with van der Waals surface area (Å²) in [6.45, 7) is 3.47. The molecule has 3 nitrogen and oxygen atoms in total. The molecule has 0 saturated carbocycles.